The zero-order chi connectivity index (χ0) is 18.5. The largest absolute Gasteiger partial charge is 0.278 e. The van der Waals surface area contributed by atoms with Crippen LogP contribution in [0.3, 0.4) is 0 Å². The van der Waals surface area contributed by atoms with E-state index >= 15 is 0 Å². The summed E-state index contributed by atoms with van der Waals surface area (Å²) < 4.78 is 23.7. The zero-order valence-electron chi connectivity index (χ0n) is 14.7. The quantitative estimate of drug-likeness (QED) is 0.246. The number of para-hydroxylation sites is 1. The number of hydrogen-bond acceptors (Lipinski definition) is 5. The Bertz CT molecular complexity index is 660. The van der Waals surface area contributed by atoms with E-state index in [4.69, 9.17) is 0 Å². The van der Waals surface area contributed by atoms with Crippen LogP contribution in [0.15, 0.2) is 29.4 Å². The van der Waals surface area contributed by atoms with Crippen molar-refractivity contribution in [2.45, 2.75) is 58.3 Å². The summed E-state index contributed by atoms with van der Waals surface area (Å²) in [6.07, 6.45) is 9.73. The van der Waals surface area contributed by atoms with Crippen LogP contribution in [0, 0.1) is 10.1 Å². The van der Waals surface area contributed by atoms with Gasteiger partial charge in [-0.05, 0) is 12.5 Å². The standard InChI is InChI=1S/C17H27N3O4S/c1-2-3-4-5-6-7-8-11-14-25(23,24)19-18-15-16-12-9-10-13-17(16)20(21)22/h9-10,12-13,15,19H,2-8,11,14H2,1H3. The van der Waals surface area contributed by atoms with E-state index < -0.39 is 14.9 Å². The molecule has 0 fully saturated rings. The van der Waals surface area contributed by atoms with Crippen LogP contribution in [0.5, 0.6) is 0 Å². The van der Waals surface area contributed by atoms with Crippen molar-refractivity contribution in [1.82, 2.24) is 4.83 Å². The van der Waals surface area contributed by atoms with Crippen molar-refractivity contribution < 1.29 is 13.3 Å². The lowest BCUT2D eigenvalue weighted by Gasteiger charge is -2.04. The minimum Gasteiger partial charge on any atom is -0.258 e. The number of nitrogens with zero attached hydrogens (tertiary/aromatic N) is 2. The molecule has 0 unspecified atom stereocenters. The van der Waals surface area contributed by atoms with Gasteiger partial charge in [-0.15, -0.1) is 0 Å². The van der Waals surface area contributed by atoms with Gasteiger partial charge in [0.25, 0.3) is 5.69 Å². The fourth-order valence-corrected chi connectivity index (χ4v) is 3.30. The van der Waals surface area contributed by atoms with E-state index in [0.29, 0.717) is 6.42 Å². The van der Waals surface area contributed by atoms with Crippen LogP contribution in [0.1, 0.15) is 63.9 Å². The molecule has 0 aliphatic carbocycles. The molecule has 0 radical (unpaired) electrons. The molecule has 1 rings (SSSR count). The van der Waals surface area contributed by atoms with Gasteiger partial charge in [0, 0.05) is 6.07 Å². The molecule has 1 N–H and O–H groups in total. The van der Waals surface area contributed by atoms with E-state index in [9.17, 15) is 18.5 Å². The molecule has 7 nitrogen and oxygen atoms in total. The van der Waals surface area contributed by atoms with Gasteiger partial charge in [-0.25, -0.2) is 13.2 Å². The normalized spacial score (nSPS) is 11.7. The van der Waals surface area contributed by atoms with Gasteiger partial charge in [-0.3, -0.25) is 10.1 Å². The third-order valence-corrected chi connectivity index (χ3v) is 5.01. The lowest BCUT2D eigenvalue weighted by Crippen LogP contribution is -2.21. The van der Waals surface area contributed by atoms with E-state index in [0.717, 1.165) is 25.5 Å². The number of nitrogens with one attached hydrogen (secondary N) is 1. The van der Waals surface area contributed by atoms with Crippen molar-refractivity contribution in [3.05, 3.63) is 39.9 Å². The van der Waals surface area contributed by atoms with Crippen LogP contribution in [0.25, 0.3) is 0 Å². The summed E-state index contributed by atoms with van der Waals surface area (Å²) in [4.78, 5) is 12.5. The molecule has 0 saturated carbocycles. The van der Waals surface area contributed by atoms with Gasteiger partial charge in [-0.1, -0.05) is 64.0 Å². The Balaban J connectivity index is 2.33. The molecule has 1 aromatic rings. The van der Waals surface area contributed by atoms with Crippen molar-refractivity contribution in [3.8, 4) is 0 Å². The third-order valence-electron chi connectivity index (χ3n) is 3.80. The summed E-state index contributed by atoms with van der Waals surface area (Å²) in [5.74, 6) is 0.0101. The van der Waals surface area contributed by atoms with Crippen molar-refractivity contribution >= 4 is 21.9 Å². The number of nitro groups is 1. The van der Waals surface area contributed by atoms with Crippen molar-refractivity contribution in [3.63, 3.8) is 0 Å². The molecule has 0 amide bonds. The fourth-order valence-electron chi connectivity index (χ4n) is 2.41. The zero-order valence-corrected chi connectivity index (χ0v) is 15.5. The van der Waals surface area contributed by atoms with Gasteiger partial charge >= 0.3 is 0 Å². The van der Waals surface area contributed by atoms with E-state index in [1.54, 1.807) is 12.1 Å². The Morgan fingerprint density at radius 2 is 1.68 bits per heavy atom. The maximum absolute atomic E-state index is 11.9. The molecule has 140 valence electrons. The smallest absolute Gasteiger partial charge is 0.258 e. The monoisotopic (exact) mass is 369 g/mol. The lowest BCUT2D eigenvalue weighted by atomic mass is 10.1. The van der Waals surface area contributed by atoms with Crippen LogP contribution in [0.4, 0.5) is 5.69 Å². The third kappa shape index (κ3) is 9.19. The molecular weight excluding hydrogens is 342 g/mol. The molecule has 0 spiro atoms. The van der Waals surface area contributed by atoms with E-state index in [1.165, 1.54) is 37.8 Å². The second-order valence-electron chi connectivity index (χ2n) is 5.96. The van der Waals surface area contributed by atoms with Crippen LogP contribution < -0.4 is 4.83 Å². The summed E-state index contributed by atoms with van der Waals surface area (Å²) in [6, 6.07) is 6.02. The van der Waals surface area contributed by atoms with Gasteiger partial charge in [0.1, 0.15) is 0 Å². The molecule has 1 aromatic carbocycles. The van der Waals surface area contributed by atoms with E-state index in [-0.39, 0.29) is 17.0 Å². The molecule has 0 heterocycles. The van der Waals surface area contributed by atoms with Crippen molar-refractivity contribution in [2.24, 2.45) is 5.10 Å². The van der Waals surface area contributed by atoms with Gasteiger partial charge < -0.3 is 0 Å². The molecular formula is C17H27N3O4S. The molecule has 0 atom stereocenters. The number of hydrazone groups is 1. The Labute approximate surface area is 149 Å². The molecule has 25 heavy (non-hydrogen) atoms. The number of rotatable bonds is 13. The highest BCUT2D eigenvalue weighted by atomic mass is 32.2. The van der Waals surface area contributed by atoms with Crippen molar-refractivity contribution in [1.29, 1.82) is 0 Å². The topological polar surface area (TPSA) is 102 Å². The molecule has 0 aliphatic heterocycles. The number of unbranched alkanes of at least 4 members (excludes halogenated alkanes) is 7. The minimum absolute atomic E-state index is 0.0101. The predicted octanol–water partition coefficient (Wildman–Crippen LogP) is 3.99. The van der Waals surface area contributed by atoms with E-state index in [1.807, 2.05) is 0 Å². The summed E-state index contributed by atoms with van der Waals surface area (Å²) in [5.41, 5.74) is 0.135. The summed E-state index contributed by atoms with van der Waals surface area (Å²) in [6.45, 7) is 2.18. The first-order chi connectivity index (χ1) is 12.0. The molecule has 0 aromatic heterocycles. The molecule has 8 heteroatoms. The Morgan fingerprint density at radius 3 is 2.32 bits per heavy atom. The Hall–Kier alpha value is -1.96. The van der Waals surface area contributed by atoms with Gasteiger partial charge in [0.05, 0.1) is 22.5 Å². The van der Waals surface area contributed by atoms with Crippen molar-refractivity contribution in [2.75, 3.05) is 5.75 Å². The van der Waals surface area contributed by atoms with Gasteiger partial charge in [0.15, 0.2) is 0 Å². The SMILES string of the molecule is CCCCCCCCCCS(=O)(=O)NN=Cc1ccccc1[N+](=O)[O-]. The maximum atomic E-state index is 11.9. The first-order valence-corrected chi connectivity index (χ1v) is 10.4. The Morgan fingerprint density at radius 1 is 1.08 bits per heavy atom. The van der Waals surface area contributed by atoms with Gasteiger partial charge in [-0.2, -0.15) is 5.10 Å². The summed E-state index contributed by atoms with van der Waals surface area (Å²) >= 11 is 0. The number of benzene rings is 1. The maximum Gasteiger partial charge on any atom is 0.278 e. The highest BCUT2D eigenvalue weighted by Gasteiger charge is 2.11. The highest BCUT2D eigenvalue weighted by Crippen LogP contribution is 2.15. The van der Waals surface area contributed by atoms with Crippen LogP contribution in [-0.4, -0.2) is 25.3 Å². The molecule has 0 bridgehead atoms. The minimum atomic E-state index is -3.50. The first-order valence-electron chi connectivity index (χ1n) is 8.72. The Kier molecular flexibility index (Phi) is 9.76. The predicted molar refractivity (Wildman–Crippen MR) is 100 cm³/mol. The average Bonchev–Trinajstić information content (AvgIpc) is 2.57. The highest BCUT2D eigenvalue weighted by molar-refractivity contribution is 7.89. The summed E-state index contributed by atoms with van der Waals surface area (Å²) in [5, 5.41) is 14.5. The van der Waals surface area contributed by atoms with E-state index in [2.05, 4.69) is 16.9 Å². The molecule has 0 saturated heterocycles. The second kappa shape index (κ2) is 11.6. The number of nitro benzene ring substituents is 1. The number of sulfonamides is 1. The number of hydrogen-bond donors (Lipinski definition) is 1. The average molecular weight is 369 g/mol. The fraction of sp³-hybridized carbons (Fsp3) is 0.588. The van der Waals surface area contributed by atoms with Gasteiger partial charge in [0.2, 0.25) is 10.0 Å². The molecule has 0 aliphatic rings. The van der Waals surface area contributed by atoms with Crippen LogP contribution in [-0.2, 0) is 10.0 Å². The summed E-state index contributed by atoms with van der Waals surface area (Å²) in [7, 11) is -3.50. The second-order valence-corrected chi connectivity index (χ2v) is 7.78. The first kappa shape index (κ1) is 21.1. The lowest BCUT2D eigenvalue weighted by molar-refractivity contribution is -0.385. The van der Waals surface area contributed by atoms with Crippen LogP contribution >= 0.6 is 0 Å². The van der Waals surface area contributed by atoms with Crippen LogP contribution in [0.2, 0.25) is 0 Å².